The van der Waals surface area contributed by atoms with Crippen LogP contribution in [-0.2, 0) is 11.8 Å². The van der Waals surface area contributed by atoms with Crippen LogP contribution in [-0.4, -0.2) is 47.0 Å². The van der Waals surface area contributed by atoms with Gasteiger partial charge in [0.25, 0.3) is 0 Å². The maximum atomic E-state index is 6.13. The van der Waals surface area contributed by atoms with Crippen molar-refractivity contribution in [2.75, 3.05) is 20.2 Å². The van der Waals surface area contributed by atoms with Crippen LogP contribution in [0.2, 0.25) is 0 Å². The van der Waals surface area contributed by atoms with E-state index in [0.29, 0.717) is 6.10 Å². The minimum atomic E-state index is 0.0924. The Bertz CT molecular complexity index is 363. The summed E-state index contributed by atoms with van der Waals surface area (Å²) in [6.45, 7) is 4.05. The lowest BCUT2D eigenvalue weighted by molar-refractivity contribution is 0.0982. The van der Waals surface area contributed by atoms with Crippen LogP contribution in [0, 0.1) is 0 Å². The summed E-state index contributed by atoms with van der Waals surface area (Å²) in [4.78, 5) is 2.40. The minimum Gasteiger partial charge on any atom is -0.380 e. The molecule has 1 saturated heterocycles. The van der Waals surface area contributed by atoms with Gasteiger partial charge in [-0.05, 0) is 13.3 Å². The number of hydrogen-bond acceptors (Lipinski definition) is 4. The summed E-state index contributed by atoms with van der Waals surface area (Å²) >= 11 is 0. The van der Waals surface area contributed by atoms with Crippen LogP contribution < -0.4 is 5.73 Å². The maximum absolute atomic E-state index is 6.13. The highest BCUT2D eigenvalue weighted by molar-refractivity contribution is 5.13. The van der Waals surface area contributed by atoms with Gasteiger partial charge in [0, 0.05) is 45.0 Å². The topological polar surface area (TPSA) is 56.3 Å². The molecule has 5 nitrogen and oxygen atoms in total. The van der Waals surface area contributed by atoms with E-state index in [1.807, 2.05) is 24.1 Å². The molecule has 0 aliphatic carbocycles. The van der Waals surface area contributed by atoms with Crippen molar-refractivity contribution in [2.24, 2.45) is 12.8 Å². The third-order valence-electron chi connectivity index (χ3n) is 3.47. The highest BCUT2D eigenvalue weighted by Gasteiger charge is 2.31. The van der Waals surface area contributed by atoms with Crippen LogP contribution in [0.15, 0.2) is 12.4 Å². The molecule has 2 heterocycles. The van der Waals surface area contributed by atoms with Gasteiger partial charge in [0.2, 0.25) is 0 Å². The molecule has 1 aromatic rings. The molecular weight excluding hydrogens is 216 g/mol. The number of likely N-dealkylation sites (tertiary alicyclic amines) is 1. The molecule has 96 valence electrons. The van der Waals surface area contributed by atoms with Gasteiger partial charge in [0.15, 0.2) is 0 Å². The molecule has 2 rings (SSSR count). The third kappa shape index (κ3) is 2.68. The Morgan fingerprint density at radius 3 is 2.82 bits per heavy atom. The summed E-state index contributed by atoms with van der Waals surface area (Å²) in [7, 11) is 3.71. The highest BCUT2D eigenvalue weighted by atomic mass is 16.5. The average Bonchev–Trinajstić information content (AvgIpc) is 2.88. The van der Waals surface area contributed by atoms with Gasteiger partial charge in [-0.25, -0.2) is 0 Å². The van der Waals surface area contributed by atoms with Gasteiger partial charge >= 0.3 is 0 Å². The third-order valence-corrected chi connectivity index (χ3v) is 3.47. The fourth-order valence-electron chi connectivity index (χ4n) is 2.64. The van der Waals surface area contributed by atoms with E-state index in [1.54, 1.807) is 7.11 Å². The van der Waals surface area contributed by atoms with Crippen molar-refractivity contribution < 1.29 is 4.74 Å². The molecule has 0 amide bonds. The molecular formula is C12H22N4O. The Morgan fingerprint density at radius 1 is 1.59 bits per heavy atom. The molecule has 0 bridgehead atoms. The number of nitrogens with two attached hydrogens (primary N) is 1. The molecule has 0 saturated carbocycles. The van der Waals surface area contributed by atoms with E-state index < -0.39 is 0 Å². The van der Waals surface area contributed by atoms with Crippen molar-refractivity contribution in [1.82, 2.24) is 14.7 Å². The zero-order chi connectivity index (χ0) is 12.4. The van der Waals surface area contributed by atoms with Crippen LogP contribution in [0.4, 0.5) is 0 Å². The van der Waals surface area contributed by atoms with E-state index in [1.165, 1.54) is 5.56 Å². The van der Waals surface area contributed by atoms with Gasteiger partial charge in [0.05, 0.1) is 18.3 Å². The van der Waals surface area contributed by atoms with E-state index in [0.717, 1.165) is 19.5 Å². The Morgan fingerprint density at radius 2 is 2.35 bits per heavy atom. The molecule has 0 radical (unpaired) electrons. The summed E-state index contributed by atoms with van der Waals surface area (Å²) in [6.07, 6.45) is 5.38. The fourth-order valence-corrected chi connectivity index (χ4v) is 2.64. The largest absolute Gasteiger partial charge is 0.380 e. The fraction of sp³-hybridized carbons (Fsp3) is 0.750. The number of ether oxygens (including phenoxy) is 1. The molecule has 3 atom stereocenters. The van der Waals surface area contributed by atoms with Crippen molar-refractivity contribution in [1.29, 1.82) is 0 Å². The number of aromatic nitrogens is 2. The molecule has 1 aromatic heterocycles. The second kappa shape index (κ2) is 5.16. The maximum Gasteiger partial charge on any atom is 0.0710 e. The number of nitrogens with zero attached hydrogens (tertiary/aromatic N) is 3. The summed E-state index contributed by atoms with van der Waals surface area (Å²) in [5.41, 5.74) is 7.32. The highest BCUT2D eigenvalue weighted by Crippen LogP contribution is 2.27. The summed E-state index contributed by atoms with van der Waals surface area (Å²) in [5.74, 6) is 0. The molecule has 0 spiro atoms. The van der Waals surface area contributed by atoms with Crippen LogP contribution in [0.5, 0.6) is 0 Å². The van der Waals surface area contributed by atoms with E-state index in [-0.39, 0.29) is 12.1 Å². The van der Waals surface area contributed by atoms with Gasteiger partial charge in [-0.3, -0.25) is 9.58 Å². The summed E-state index contributed by atoms with van der Waals surface area (Å²) in [5, 5.41) is 4.23. The van der Waals surface area contributed by atoms with E-state index in [9.17, 15) is 0 Å². The first kappa shape index (κ1) is 12.5. The van der Waals surface area contributed by atoms with E-state index in [4.69, 9.17) is 10.5 Å². The normalized spacial score (nSPS) is 25.1. The SMILES string of the molecule is COC1CCN(C(c2cnn(C)c2)C(C)N)C1. The van der Waals surface area contributed by atoms with E-state index >= 15 is 0 Å². The van der Waals surface area contributed by atoms with Crippen molar-refractivity contribution in [3.05, 3.63) is 18.0 Å². The quantitative estimate of drug-likeness (QED) is 0.831. The van der Waals surface area contributed by atoms with Gasteiger partial charge in [0.1, 0.15) is 0 Å². The lowest BCUT2D eigenvalue weighted by Gasteiger charge is -2.30. The predicted molar refractivity (Wildman–Crippen MR) is 66.6 cm³/mol. The van der Waals surface area contributed by atoms with Crippen molar-refractivity contribution in [2.45, 2.75) is 31.5 Å². The van der Waals surface area contributed by atoms with Crippen molar-refractivity contribution >= 4 is 0 Å². The molecule has 0 aromatic carbocycles. The predicted octanol–water partition coefficient (Wildman–Crippen LogP) is 0.529. The van der Waals surface area contributed by atoms with Gasteiger partial charge in [-0.1, -0.05) is 0 Å². The summed E-state index contributed by atoms with van der Waals surface area (Å²) in [6, 6.07) is 0.332. The average molecular weight is 238 g/mol. The molecule has 17 heavy (non-hydrogen) atoms. The zero-order valence-electron chi connectivity index (χ0n) is 10.8. The number of rotatable bonds is 4. The van der Waals surface area contributed by atoms with Gasteiger partial charge in [-0.2, -0.15) is 5.10 Å². The smallest absolute Gasteiger partial charge is 0.0710 e. The van der Waals surface area contributed by atoms with Crippen molar-refractivity contribution in [3.63, 3.8) is 0 Å². The standard InChI is InChI=1S/C12H22N4O/c1-9(13)12(10-6-14-15(2)7-10)16-5-4-11(8-16)17-3/h6-7,9,11-12H,4-5,8,13H2,1-3H3. The van der Waals surface area contributed by atoms with E-state index in [2.05, 4.69) is 16.9 Å². The second-order valence-corrected chi connectivity index (χ2v) is 4.89. The molecule has 1 aliphatic heterocycles. The minimum absolute atomic E-state index is 0.0924. The molecule has 5 heteroatoms. The number of hydrogen-bond donors (Lipinski definition) is 1. The molecule has 2 N–H and O–H groups in total. The van der Waals surface area contributed by atoms with Crippen LogP contribution >= 0.6 is 0 Å². The monoisotopic (exact) mass is 238 g/mol. The Labute approximate surface area is 103 Å². The first-order chi connectivity index (χ1) is 8.11. The molecule has 1 fully saturated rings. The molecule has 3 unspecified atom stereocenters. The first-order valence-corrected chi connectivity index (χ1v) is 6.12. The zero-order valence-corrected chi connectivity index (χ0v) is 10.8. The van der Waals surface area contributed by atoms with Gasteiger partial charge < -0.3 is 10.5 Å². The lowest BCUT2D eigenvalue weighted by atomic mass is 10.0. The Hall–Kier alpha value is -0.910. The lowest BCUT2D eigenvalue weighted by Crippen LogP contribution is -2.38. The first-order valence-electron chi connectivity index (χ1n) is 6.12. The number of aryl methyl sites for hydroxylation is 1. The van der Waals surface area contributed by atoms with Crippen LogP contribution in [0.25, 0.3) is 0 Å². The summed E-state index contributed by atoms with van der Waals surface area (Å²) < 4.78 is 7.24. The Kier molecular flexibility index (Phi) is 3.81. The Balaban J connectivity index is 2.13. The van der Waals surface area contributed by atoms with Crippen LogP contribution in [0.1, 0.15) is 24.9 Å². The second-order valence-electron chi connectivity index (χ2n) is 4.89. The van der Waals surface area contributed by atoms with Crippen molar-refractivity contribution in [3.8, 4) is 0 Å². The number of methoxy groups -OCH3 is 1. The van der Waals surface area contributed by atoms with Gasteiger partial charge in [-0.15, -0.1) is 0 Å². The molecule has 1 aliphatic rings. The van der Waals surface area contributed by atoms with Crippen LogP contribution in [0.3, 0.4) is 0 Å².